The van der Waals surface area contributed by atoms with Crippen LogP contribution in [0.5, 0.6) is 0 Å². The Bertz CT molecular complexity index is 1100. The summed E-state index contributed by atoms with van der Waals surface area (Å²) in [6.45, 7) is 6.74. The van der Waals surface area contributed by atoms with Crippen molar-refractivity contribution >= 4 is 34.2 Å². The normalized spacial score (nSPS) is 16.1. The Kier molecular flexibility index (Phi) is 4.57. The summed E-state index contributed by atoms with van der Waals surface area (Å²) in [7, 11) is 0. The van der Waals surface area contributed by atoms with Crippen LogP contribution in [0.1, 0.15) is 45.2 Å². The number of ether oxygens (including phenoxy) is 1. The number of H-pyrrole nitrogens is 1. The molecule has 1 amide bonds. The van der Waals surface area contributed by atoms with Gasteiger partial charge in [-0.1, -0.05) is 17.7 Å². The summed E-state index contributed by atoms with van der Waals surface area (Å²) in [5.41, 5.74) is 1.36. The highest BCUT2D eigenvalue weighted by Crippen LogP contribution is 2.29. The Morgan fingerprint density at radius 2 is 2.00 bits per heavy atom. The van der Waals surface area contributed by atoms with Crippen LogP contribution in [0.4, 0.5) is 4.79 Å². The first-order chi connectivity index (χ1) is 13.2. The molecule has 0 saturated carbocycles. The minimum absolute atomic E-state index is 0.125. The molecule has 1 N–H and O–H groups in total. The molecule has 4 rings (SSSR count). The maximum atomic E-state index is 12.6. The average Bonchev–Trinajstić information content (AvgIpc) is 3.01. The first-order valence-electron chi connectivity index (χ1n) is 9.41. The molecule has 28 heavy (non-hydrogen) atoms. The number of amides is 1. The number of carbonyl (C=O) groups excluding carboxylic acids is 1. The number of piperidine rings is 1. The molecule has 8 heteroatoms. The third-order valence-corrected chi connectivity index (χ3v) is 5.30. The quantitative estimate of drug-likeness (QED) is 0.668. The lowest BCUT2D eigenvalue weighted by atomic mass is 9.93. The molecule has 1 saturated heterocycles. The van der Waals surface area contributed by atoms with E-state index in [9.17, 15) is 9.59 Å². The number of fused-ring (bicyclic) bond motifs is 3. The standard InChI is InChI=1S/C20H23ClN4O3/c1-20(2,3)28-19(27)24-9-7-12(8-10-24)15-11-16(26)25-18(22-15)13-5-4-6-14(21)17(13)23-25/h4-6,11-12,23H,7-10H2,1-3H3. The Morgan fingerprint density at radius 1 is 1.29 bits per heavy atom. The van der Waals surface area contributed by atoms with Crippen molar-refractivity contribution in [2.24, 2.45) is 0 Å². The summed E-state index contributed by atoms with van der Waals surface area (Å²) in [6.07, 6.45) is 1.19. The van der Waals surface area contributed by atoms with E-state index in [0.717, 1.165) is 23.9 Å². The summed E-state index contributed by atoms with van der Waals surface area (Å²) in [4.78, 5) is 31.3. The van der Waals surface area contributed by atoms with E-state index >= 15 is 0 Å². The molecule has 3 aromatic rings. The fourth-order valence-corrected chi connectivity index (χ4v) is 3.83. The number of carbonyl (C=O) groups is 1. The van der Waals surface area contributed by atoms with Crippen LogP contribution in [0.25, 0.3) is 16.6 Å². The van der Waals surface area contributed by atoms with E-state index in [2.05, 4.69) is 5.10 Å². The molecule has 1 aliphatic heterocycles. The van der Waals surface area contributed by atoms with Gasteiger partial charge in [0.2, 0.25) is 0 Å². The van der Waals surface area contributed by atoms with Gasteiger partial charge in [0.1, 0.15) is 5.60 Å². The van der Waals surface area contributed by atoms with Gasteiger partial charge in [-0.15, -0.1) is 0 Å². The van der Waals surface area contributed by atoms with Crippen molar-refractivity contribution in [2.75, 3.05) is 13.1 Å². The number of para-hydroxylation sites is 1. The zero-order valence-corrected chi connectivity index (χ0v) is 16.9. The molecule has 0 aliphatic carbocycles. The average molecular weight is 403 g/mol. The molecule has 3 heterocycles. The van der Waals surface area contributed by atoms with Gasteiger partial charge >= 0.3 is 6.09 Å². The SMILES string of the molecule is CC(C)(C)OC(=O)N1CCC(c2cc(=O)n3[nH]c4c(Cl)cccc4c3n2)CC1. The molecule has 0 spiro atoms. The highest BCUT2D eigenvalue weighted by molar-refractivity contribution is 6.35. The molecule has 0 atom stereocenters. The molecule has 1 fully saturated rings. The molecule has 2 aromatic heterocycles. The van der Waals surface area contributed by atoms with Crippen LogP contribution < -0.4 is 5.56 Å². The fraction of sp³-hybridized carbons (Fsp3) is 0.450. The first-order valence-corrected chi connectivity index (χ1v) is 9.78. The van der Waals surface area contributed by atoms with Crippen LogP contribution in [0.2, 0.25) is 5.02 Å². The van der Waals surface area contributed by atoms with Crippen molar-refractivity contribution in [2.45, 2.75) is 45.1 Å². The molecule has 1 aromatic carbocycles. The lowest BCUT2D eigenvalue weighted by Crippen LogP contribution is -2.41. The number of hydrogen-bond donors (Lipinski definition) is 1. The Labute approximate surface area is 167 Å². The topological polar surface area (TPSA) is 79.7 Å². The summed E-state index contributed by atoms with van der Waals surface area (Å²) < 4.78 is 6.87. The third-order valence-electron chi connectivity index (χ3n) is 4.98. The smallest absolute Gasteiger partial charge is 0.410 e. The van der Waals surface area contributed by atoms with E-state index in [1.807, 2.05) is 32.9 Å². The van der Waals surface area contributed by atoms with Crippen molar-refractivity contribution < 1.29 is 9.53 Å². The summed E-state index contributed by atoms with van der Waals surface area (Å²) in [5, 5.41) is 4.40. The lowest BCUT2D eigenvalue weighted by Gasteiger charge is -2.33. The van der Waals surface area contributed by atoms with Gasteiger partial charge in [0, 0.05) is 30.5 Å². The number of hydrogen-bond acceptors (Lipinski definition) is 4. The van der Waals surface area contributed by atoms with E-state index < -0.39 is 5.60 Å². The van der Waals surface area contributed by atoms with Gasteiger partial charge in [-0.05, 0) is 45.7 Å². The molecule has 0 radical (unpaired) electrons. The van der Waals surface area contributed by atoms with Gasteiger partial charge in [-0.3, -0.25) is 9.89 Å². The minimum atomic E-state index is -0.508. The van der Waals surface area contributed by atoms with Crippen LogP contribution >= 0.6 is 11.6 Å². The van der Waals surface area contributed by atoms with Crippen molar-refractivity contribution in [1.29, 1.82) is 0 Å². The van der Waals surface area contributed by atoms with Crippen LogP contribution in [-0.4, -0.2) is 44.3 Å². The second kappa shape index (κ2) is 6.81. The number of likely N-dealkylation sites (tertiary alicyclic amines) is 1. The third kappa shape index (κ3) is 3.46. The van der Waals surface area contributed by atoms with Crippen LogP contribution in [0, 0.1) is 0 Å². The molecular formula is C20H23ClN4O3. The van der Waals surface area contributed by atoms with Gasteiger partial charge in [-0.2, -0.15) is 0 Å². The number of aromatic nitrogens is 3. The van der Waals surface area contributed by atoms with Gasteiger partial charge in [0.15, 0.2) is 5.65 Å². The maximum absolute atomic E-state index is 12.6. The monoisotopic (exact) mass is 402 g/mol. The molecular weight excluding hydrogens is 380 g/mol. The Balaban J connectivity index is 1.59. The molecule has 0 bridgehead atoms. The first kappa shape index (κ1) is 18.8. The Morgan fingerprint density at radius 3 is 2.68 bits per heavy atom. The number of nitrogens with zero attached hydrogens (tertiary/aromatic N) is 3. The van der Waals surface area contributed by atoms with Gasteiger partial charge in [0.25, 0.3) is 5.56 Å². The van der Waals surface area contributed by atoms with E-state index in [4.69, 9.17) is 21.3 Å². The zero-order chi connectivity index (χ0) is 20.1. The predicted molar refractivity (Wildman–Crippen MR) is 108 cm³/mol. The molecule has 0 unspecified atom stereocenters. The van der Waals surface area contributed by atoms with Crippen LogP contribution in [0.3, 0.4) is 0 Å². The van der Waals surface area contributed by atoms with Gasteiger partial charge in [0.05, 0.1) is 16.2 Å². The molecule has 7 nitrogen and oxygen atoms in total. The minimum Gasteiger partial charge on any atom is -0.444 e. The highest BCUT2D eigenvalue weighted by atomic mass is 35.5. The van der Waals surface area contributed by atoms with E-state index in [1.165, 1.54) is 4.52 Å². The van der Waals surface area contributed by atoms with Crippen molar-refractivity contribution in [3.8, 4) is 0 Å². The van der Waals surface area contributed by atoms with Gasteiger partial charge < -0.3 is 9.64 Å². The second-order valence-corrected chi connectivity index (χ2v) is 8.60. The number of aromatic amines is 1. The van der Waals surface area contributed by atoms with E-state index in [-0.39, 0.29) is 17.6 Å². The zero-order valence-electron chi connectivity index (χ0n) is 16.2. The predicted octanol–water partition coefficient (Wildman–Crippen LogP) is 3.94. The number of rotatable bonds is 1. The molecule has 148 valence electrons. The van der Waals surface area contributed by atoms with Crippen molar-refractivity contribution in [3.05, 3.63) is 45.3 Å². The largest absolute Gasteiger partial charge is 0.444 e. The summed E-state index contributed by atoms with van der Waals surface area (Å²) in [5.74, 6) is 0.125. The van der Waals surface area contributed by atoms with Crippen LogP contribution in [-0.2, 0) is 4.74 Å². The van der Waals surface area contributed by atoms with E-state index in [1.54, 1.807) is 17.0 Å². The number of halogens is 1. The van der Waals surface area contributed by atoms with Crippen molar-refractivity contribution in [1.82, 2.24) is 19.5 Å². The number of nitrogens with one attached hydrogen (secondary N) is 1. The number of benzene rings is 1. The van der Waals surface area contributed by atoms with E-state index in [0.29, 0.717) is 29.3 Å². The Hall–Kier alpha value is -2.54. The maximum Gasteiger partial charge on any atom is 0.410 e. The molecule has 1 aliphatic rings. The van der Waals surface area contributed by atoms with Gasteiger partial charge in [-0.25, -0.2) is 14.3 Å². The fourth-order valence-electron chi connectivity index (χ4n) is 3.62. The summed E-state index contributed by atoms with van der Waals surface area (Å²) >= 11 is 6.24. The highest BCUT2D eigenvalue weighted by Gasteiger charge is 2.28. The van der Waals surface area contributed by atoms with Crippen molar-refractivity contribution in [3.63, 3.8) is 0 Å². The second-order valence-electron chi connectivity index (χ2n) is 8.19. The van der Waals surface area contributed by atoms with Crippen LogP contribution in [0.15, 0.2) is 29.1 Å². The lowest BCUT2D eigenvalue weighted by molar-refractivity contribution is 0.0204. The summed E-state index contributed by atoms with van der Waals surface area (Å²) in [6, 6.07) is 7.09.